The Morgan fingerprint density at radius 2 is 1.30 bits per heavy atom. The Bertz CT molecular complexity index is 499. The Labute approximate surface area is 139 Å². The van der Waals surface area contributed by atoms with Gasteiger partial charge in [-0.25, -0.2) is 0 Å². The van der Waals surface area contributed by atoms with Crippen molar-refractivity contribution >= 4 is 11.8 Å². The lowest BCUT2D eigenvalue weighted by atomic mass is 10.1. The van der Waals surface area contributed by atoms with E-state index in [9.17, 15) is 9.59 Å². The Morgan fingerprint density at radius 1 is 0.826 bits per heavy atom. The average molecular weight is 316 g/mol. The van der Waals surface area contributed by atoms with E-state index in [4.69, 9.17) is 0 Å². The third-order valence-corrected chi connectivity index (χ3v) is 4.39. The molecule has 0 spiro atoms. The van der Waals surface area contributed by atoms with Gasteiger partial charge in [0.05, 0.1) is 11.1 Å². The van der Waals surface area contributed by atoms with Crippen LogP contribution >= 0.6 is 0 Å². The van der Waals surface area contributed by atoms with Crippen LogP contribution in [0.4, 0.5) is 0 Å². The number of hydrogen-bond acceptors (Lipinski definition) is 3. The lowest BCUT2D eigenvalue weighted by molar-refractivity contribution is 0.0647. The van der Waals surface area contributed by atoms with Crippen molar-refractivity contribution in [3.05, 3.63) is 35.4 Å². The number of benzene rings is 1. The number of carbonyl (C=O) groups excluding carboxylic acids is 2. The summed E-state index contributed by atoms with van der Waals surface area (Å²) in [7, 11) is 0. The molecule has 1 aromatic carbocycles. The minimum absolute atomic E-state index is 0.140. The van der Waals surface area contributed by atoms with E-state index >= 15 is 0 Å². The molecule has 0 aromatic heterocycles. The summed E-state index contributed by atoms with van der Waals surface area (Å²) in [5.74, 6) is -0.279. The first kappa shape index (κ1) is 17.7. The van der Waals surface area contributed by atoms with Gasteiger partial charge in [-0.3, -0.25) is 14.5 Å². The molecule has 1 aliphatic heterocycles. The molecule has 0 N–H and O–H groups in total. The number of rotatable bonds is 10. The normalized spacial score (nSPS) is 14.0. The van der Waals surface area contributed by atoms with Gasteiger partial charge in [0, 0.05) is 6.54 Å². The molecule has 1 aromatic rings. The van der Waals surface area contributed by atoms with Crippen LogP contribution in [-0.2, 0) is 0 Å². The van der Waals surface area contributed by atoms with Crippen molar-refractivity contribution in [3.8, 4) is 0 Å². The molecule has 2 amide bonds. The van der Waals surface area contributed by atoms with E-state index < -0.39 is 0 Å². The van der Waals surface area contributed by atoms with E-state index in [1.165, 1.54) is 30.6 Å². The van der Waals surface area contributed by atoms with Gasteiger partial charge < -0.3 is 4.90 Å². The molecule has 4 heteroatoms. The van der Waals surface area contributed by atoms with Crippen molar-refractivity contribution in [1.29, 1.82) is 0 Å². The molecule has 0 atom stereocenters. The summed E-state index contributed by atoms with van der Waals surface area (Å²) >= 11 is 0. The summed E-state index contributed by atoms with van der Waals surface area (Å²) in [5, 5.41) is 0. The zero-order valence-corrected chi connectivity index (χ0v) is 14.4. The molecule has 1 heterocycles. The fourth-order valence-corrected chi connectivity index (χ4v) is 2.99. The Kier molecular flexibility index (Phi) is 6.78. The smallest absolute Gasteiger partial charge is 0.261 e. The number of fused-ring (bicyclic) bond motifs is 1. The average Bonchev–Trinajstić information content (AvgIpc) is 2.82. The Balaban J connectivity index is 1.86. The second-order valence-corrected chi connectivity index (χ2v) is 6.21. The predicted molar refractivity (Wildman–Crippen MR) is 92.7 cm³/mol. The molecule has 0 aliphatic carbocycles. The van der Waals surface area contributed by atoms with Gasteiger partial charge in [-0.2, -0.15) is 0 Å². The van der Waals surface area contributed by atoms with Gasteiger partial charge >= 0.3 is 0 Å². The second kappa shape index (κ2) is 8.82. The van der Waals surface area contributed by atoms with Crippen LogP contribution in [0.3, 0.4) is 0 Å². The largest absolute Gasteiger partial charge is 0.303 e. The molecule has 0 fully saturated rings. The van der Waals surface area contributed by atoms with Crippen molar-refractivity contribution in [2.75, 3.05) is 26.2 Å². The summed E-state index contributed by atoms with van der Waals surface area (Å²) in [6, 6.07) is 7.10. The predicted octanol–water partition coefficient (Wildman–Crippen LogP) is 3.57. The summed E-state index contributed by atoms with van der Waals surface area (Å²) in [5.41, 5.74) is 1.10. The third-order valence-electron chi connectivity index (χ3n) is 4.39. The number of carbonyl (C=O) groups is 2. The SMILES string of the molecule is CCCCN(CCCC)CCCN1C(=O)c2ccccc2C1=O. The number of nitrogens with zero attached hydrogens (tertiary/aromatic N) is 2. The fraction of sp³-hybridized carbons (Fsp3) is 0.579. The lowest BCUT2D eigenvalue weighted by Crippen LogP contribution is -2.34. The molecule has 2 rings (SSSR count). The van der Waals surface area contributed by atoms with Crippen molar-refractivity contribution in [2.45, 2.75) is 46.0 Å². The van der Waals surface area contributed by atoms with Crippen molar-refractivity contribution in [1.82, 2.24) is 9.80 Å². The minimum Gasteiger partial charge on any atom is -0.303 e. The maximum absolute atomic E-state index is 12.3. The van der Waals surface area contributed by atoms with E-state index in [-0.39, 0.29) is 11.8 Å². The van der Waals surface area contributed by atoms with Crippen LogP contribution < -0.4 is 0 Å². The van der Waals surface area contributed by atoms with Crippen LogP contribution in [0.5, 0.6) is 0 Å². The van der Waals surface area contributed by atoms with Crippen molar-refractivity contribution < 1.29 is 9.59 Å². The highest BCUT2D eigenvalue weighted by Gasteiger charge is 2.34. The highest BCUT2D eigenvalue weighted by Crippen LogP contribution is 2.22. The third kappa shape index (κ3) is 4.41. The monoisotopic (exact) mass is 316 g/mol. The quantitative estimate of drug-likeness (QED) is 0.620. The van der Waals surface area contributed by atoms with Crippen LogP contribution in [0.1, 0.15) is 66.7 Å². The first-order chi connectivity index (χ1) is 11.2. The van der Waals surface area contributed by atoms with E-state index in [2.05, 4.69) is 18.7 Å². The molecule has 23 heavy (non-hydrogen) atoms. The Hall–Kier alpha value is -1.68. The minimum atomic E-state index is -0.140. The first-order valence-corrected chi connectivity index (χ1v) is 8.86. The summed E-state index contributed by atoms with van der Waals surface area (Å²) in [6.45, 7) is 8.10. The number of imide groups is 1. The molecule has 0 radical (unpaired) electrons. The van der Waals surface area contributed by atoms with E-state index in [1.54, 1.807) is 12.1 Å². The van der Waals surface area contributed by atoms with E-state index in [0.717, 1.165) is 26.1 Å². The number of hydrogen-bond donors (Lipinski definition) is 0. The maximum Gasteiger partial charge on any atom is 0.261 e. The van der Waals surface area contributed by atoms with Gasteiger partial charge in [-0.05, 0) is 51.0 Å². The number of unbranched alkanes of at least 4 members (excludes halogenated alkanes) is 2. The molecule has 0 unspecified atom stereocenters. The van der Waals surface area contributed by atoms with E-state index in [1.807, 2.05) is 12.1 Å². The summed E-state index contributed by atoms with van der Waals surface area (Å²) < 4.78 is 0. The summed E-state index contributed by atoms with van der Waals surface area (Å²) in [6.07, 6.45) is 5.65. The molecule has 0 saturated heterocycles. The van der Waals surface area contributed by atoms with Gasteiger partial charge in [0.1, 0.15) is 0 Å². The first-order valence-electron chi connectivity index (χ1n) is 8.86. The topological polar surface area (TPSA) is 40.6 Å². The molecule has 126 valence electrons. The summed E-state index contributed by atoms with van der Waals surface area (Å²) in [4.78, 5) is 28.5. The Morgan fingerprint density at radius 3 is 1.78 bits per heavy atom. The van der Waals surface area contributed by atoms with Crippen LogP contribution in [-0.4, -0.2) is 47.8 Å². The van der Waals surface area contributed by atoms with Crippen LogP contribution in [0.2, 0.25) is 0 Å². The van der Waals surface area contributed by atoms with E-state index in [0.29, 0.717) is 17.7 Å². The molecule has 0 bridgehead atoms. The second-order valence-electron chi connectivity index (χ2n) is 6.21. The van der Waals surface area contributed by atoms with Gasteiger partial charge in [0.25, 0.3) is 11.8 Å². The highest BCUT2D eigenvalue weighted by atomic mass is 16.2. The number of amides is 2. The van der Waals surface area contributed by atoms with Gasteiger partial charge in [0.15, 0.2) is 0 Å². The van der Waals surface area contributed by atoms with Gasteiger partial charge in [-0.15, -0.1) is 0 Å². The van der Waals surface area contributed by atoms with Crippen LogP contribution in [0.25, 0.3) is 0 Å². The molecule has 1 aliphatic rings. The molecule has 0 saturated carbocycles. The van der Waals surface area contributed by atoms with Crippen LogP contribution in [0, 0.1) is 0 Å². The zero-order valence-electron chi connectivity index (χ0n) is 14.4. The lowest BCUT2D eigenvalue weighted by Gasteiger charge is -2.23. The molecule has 4 nitrogen and oxygen atoms in total. The zero-order chi connectivity index (χ0) is 16.7. The molecular weight excluding hydrogens is 288 g/mol. The fourth-order valence-electron chi connectivity index (χ4n) is 2.99. The van der Waals surface area contributed by atoms with Crippen molar-refractivity contribution in [3.63, 3.8) is 0 Å². The standard InChI is InChI=1S/C19H28N2O2/c1-3-5-12-20(13-6-4-2)14-9-15-21-18(22)16-10-7-8-11-17(16)19(21)23/h7-8,10-11H,3-6,9,12-15H2,1-2H3. The van der Waals surface area contributed by atoms with Gasteiger partial charge in [-0.1, -0.05) is 38.8 Å². The van der Waals surface area contributed by atoms with Crippen LogP contribution in [0.15, 0.2) is 24.3 Å². The van der Waals surface area contributed by atoms with Crippen molar-refractivity contribution in [2.24, 2.45) is 0 Å². The van der Waals surface area contributed by atoms with Gasteiger partial charge in [0.2, 0.25) is 0 Å². The maximum atomic E-state index is 12.3. The highest BCUT2D eigenvalue weighted by molar-refractivity contribution is 6.21. The molecular formula is C19H28N2O2.